The maximum absolute atomic E-state index is 8.95. The minimum atomic E-state index is 0.250. The van der Waals surface area contributed by atoms with Crippen molar-refractivity contribution >= 4 is 12.6 Å². The summed E-state index contributed by atoms with van der Waals surface area (Å²) in [6, 6.07) is 0. The molecule has 0 unspecified atom stereocenters. The van der Waals surface area contributed by atoms with Crippen molar-refractivity contribution in [3.63, 3.8) is 0 Å². The van der Waals surface area contributed by atoms with Gasteiger partial charge in [-0.2, -0.15) is 9.59 Å². The van der Waals surface area contributed by atoms with Crippen molar-refractivity contribution < 1.29 is 19.1 Å². The van der Waals surface area contributed by atoms with E-state index in [0.29, 0.717) is 6.47 Å². The van der Waals surface area contributed by atoms with E-state index in [4.69, 9.17) is 14.4 Å². The monoisotopic (exact) mass is 104 g/mol. The van der Waals surface area contributed by atoms with Crippen LogP contribution < -0.4 is 0 Å². The molecule has 4 nitrogen and oxygen atoms in total. The van der Waals surface area contributed by atoms with Crippen LogP contribution in [-0.4, -0.2) is 19.7 Å². The van der Waals surface area contributed by atoms with E-state index >= 15 is 0 Å². The smallest absolute Gasteiger partial charge is 0.373 e. The molecule has 0 aliphatic rings. The first-order valence-corrected chi connectivity index (χ1v) is 1.29. The predicted molar refractivity (Wildman–Crippen MR) is 18.1 cm³/mol. The van der Waals surface area contributed by atoms with Gasteiger partial charge in [0.2, 0.25) is 0 Å². The van der Waals surface area contributed by atoms with Crippen LogP contribution in [0.4, 0.5) is 0 Å². The highest BCUT2D eigenvalue weighted by Gasteiger charge is 1.44. The molecule has 0 radical (unpaired) electrons. The summed E-state index contributed by atoms with van der Waals surface area (Å²) in [6.07, 6.45) is 0.250. The van der Waals surface area contributed by atoms with Gasteiger partial charge in [0.05, 0.1) is 7.11 Å². The maximum Gasteiger partial charge on any atom is 0.373 e. The summed E-state index contributed by atoms with van der Waals surface area (Å²) in [5.41, 5.74) is 0. The standard InChI is InChI=1S/C2H4O2.CO2/c1-4-2-3;2-1-3/h2H,1H3;. The quantitative estimate of drug-likeness (QED) is 0.409. The van der Waals surface area contributed by atoms with Crippen LogP contribution in [0, 0.1) is 0 Å². The molecule has 0 aromatic heterocycles. The second kappa shape index (κ2) is 21.0. The van der Waals surface area contributed by atoms with E-state index in [-0.39, 0.29) is 6.15 Å². The first-order chi connectivity index (χ1) is 3.33. The van der Waals surface area contributed by atoms with E-state index in [1.165, 1.54) is 7.11 Å². The van der Waals surface area contributed by atoms with Crippen LogP contribution in [0.3, 0.4) is 0 Å². The van der Waals surface area contributed by atoms with Crippen LogP contribution in [0.15, 0.2) is 0 Å². The number of ether oxygens (including phenoxy) is 1. The van der Waals surface area contributed by atoms with E-state index in [1.807, 2.05) is 0 Å². The van der Waals surface area contributed by atoms with Crippen LogP contribution in [0.25, 0.3) is 0 Å². The average Bonchev–Trinajstić information content (AvgIpc) is 1.69. The van der Waals surface area contributed by atoms with Gasteiger partial charge >= 0.3 is 6.15 Å². The predicted octanol–water partition coefficient (Wildman–Crippen LogP) is -0.794. The Labute approximate surface area is 40.1 Å². The van der Waals surface area contributed by atoms with Gasteiger partial charge in [0.25, 0.3) is 6.47 Å². The molecule has 0 aliphatic carbocycles. The Morgan fingerprint density at radius 1 is 1.57 bits per heavy atom. The van der Waals surface area contributed by atoms with Crippen LogP contribution in [0.1, 0.15) is 0 Å². The lowest BCUT2D eigenvalue weighted by Crippen LogP contribution is -1.68. The summed E-state index contributed by atoms with van der Waals surface area (Å²) in [5, 5.41) is 0. The van der Waals surface area contributed by atoms with Crippen molar-refractivity contribution in [3.8, 4) is 0 Å². The van der Waals surface area contributed by atoms with Crippen LogP contribution in [-0.2, 0) is 19.1 Å². The summed E-state index contributed by atoms with van der Waals surface area (Å²) in [5.74, 6) is 0. The number of carbonyl (C=O) groups is 1. The van der Waals surface area contributed by atoms with Gasteiger partial charge in [0.1, 0.15) is 0 Å². The van der Waals surface area contributed by atoms with Gasteiger partial charge in [0.15, 0.2) is 0 Å². The Kier molecular flexibility index (Phi) is 27.9. The fourth-order valence-corrected chi connectivity index (χ4v) is 0. The molecule has 0 aromatic carbocycles. The van der Waals surface area contributed by atoms with Crippen LogP contribution in [0.2, 0.25) is 0 Å². The molecular weight excluding hydrogens is 100 g/mol. The van der Waals surface area contributed by atoms with Crippen molar-refractivity contribution in [1.82, 2.24) is 0 Å². The van der Waals surface area contributed by atoms with E-state index in [9.17, 15) is 0 Å². The van der Waals surface area contributed by atoms with E-state index < -0.39 is 0 Å². The number of carbonyl (C=O) groups excluding carboxylic acids is 3. The minimum absolute atomic E-state index is 0.250. The van der Waals surface area contributed by atoms with E-state index in [0.717, 1.165) is 0 Å². The second-order valence-corrected chi connectivity index (χ2v) is 0.415. The third-order valence-electron chi connectivity index (χ3n) is 0.0962. The lowest BCUT2D eigenvalue weighted by Gasteiger charge is -1.67. The highest BCUT2D eigenvalue weighted by atomic mass is 16.5. The zero-order valence-electron chi connectivity index (χ0n) is 3.71. The normalized spacial score (nSPS) is 4.14. The molecule has 0 aliphatic heterocycles. The zero-order chi connectivity index (χ0) is 6.12. The Hall–Kier alpha value is -1.15. The van der Waals surface area contributed by atoms with Crippen molar-refractivity contribution in [2.24, 2.45) is 0 Å². The summed E-state index contributed by atoms with van der Waals surface area (Å²) >= 11 is 0. The van der Waals surface area contributed by atoms with Crippen molar-refractivity contribution in [2.75, 3.05) is 7.11 Å². The summed E-state index contributed by atoms with van der Waals surface area (Å²) in [6.45, 7) is 0.375. The van der Waals surface area contributed by atoms with E-state index in [2.05, 4.69) is 4.74 Å². The second-order valence-electron chi connectivity index (χ2n) is 0.415. The fraction of sp³-hybridized carbons (Fsp3) is 0.333. The highest BCUT2D eigenvalue weighted by molar-refractivity contribution is 5.36. The molecule has 0 rings (SSSR count). The van der Waals surface area contributed by atoms with Gasteiger partial charge in [-0.3, -0.25) is 4.79 Å². The molecule has 40 valence electrons. The largest absolute Gasteiger partial charge is 0.471 e. The first kappa shape index (κ1) is 9.28. The molecule has 0 amide bonds. The lowest BCUT2D eigenvalue weighted by molar-refractivity contribution is -0.191. The molecule has 7 heavy (non-hydrogen) atoms. The number of hydrogen-bond donors (Lipinski definition) is 0. The highest BCUT2D eigenvalue weighted by Crippen LogP contribution is 1.35. The Morgan fingerprint density at radius 3 is 1.71 bits per heavy atom. The molecule has 0 aromatic rings. The van der Waals surface area contributed by atoms with Crippen molar-refractivity contribution in [1.29, 1.82) is 0 Å². The molecular formula is C3H4O4. The number of rotatable bonds is 1. The molecule has 0 saturated carbocycles. The van der Waals surface area contributed by atoms with Gasteiger partial charge in [0, 0.05) is 0 Å². The van der Waals surface area contributed by atoms with Gasteiger partial charge in [-0.15, -0.1) is 0 Å². The van der Waals surface area contributed by atoms with Gasteiger partial charge in [-0.25, -0.2) is 0 Å². The van der Waals surface area contributed by atoms with Crippen molar-refractivity contribution in [2.45, 2.75) is 0 Å². The molecule has 0 fully saturated rings. The van der Waals surface area contributed by atoms with Crippen molar-refractivity contribution in [3.05, 3.63) is 0 Å². The summed E-state index contributed by atoms with van der Waals surface area (Å²) < 4.78 is 3.86. The van der Waals surface area contributed by atoms with Gasteiger partial charge in [-0.1, -0.05) is 0 Å². The zero-order valence-corrected chi connectivity index (χ0v) is 3.71. The molecule has 0 atom stereocenters. The van der Waals surface area contributed by atoms with Gasteiger partial charge < -0.3 is 4.74 Å². The number of hydrogen-bond acceptors (Lipinski definition) is 4. The Bertz CT molecular complexity index is 61.3. The number of methoxy groups -OCH3 is 1. The lowest BCUT2D eigenvalue weighted by atomic mass is 11.5. The molecule has 0 saturated heterocycles. The topological polar surface area (TPSA) is 60.4 Å². The maximum atomic E-state index is 8.95. The molecule has 0 N–H and O–H groups in total. The molecule has 0 heterocycles. The molecule has 0 spiro atoms. The fourth-order valence-electron chi connectivity index (χ4n) is 0. The van der Waals surface area contributed by atoms with Crippen LogP contribution in [0.5, 0.6) is 0 Å². The average molecular weight is 104 g/mol. The SMILES string of the molecule is COC=O.O=C=O. The van der Waals surface area contributed by atoms with E-state index in [1.54, 1.807) is 0 Å². The summed E-state index contributed by atoms with van der Waals surface area (Å²) in [7, 11) is 1.31. The summed E-state index contributed by atoms with van der Waals surface area (Å²) in [4.78, 5) is 25.2. The van der Waals surface area contributed by atoms with Crippen LogP contribution >= 0.6 is 0 Å². The molecule has 4 heteroatoms. The minimum Gasteiger partial charge on any atom is -0.471 e. The van der Waals surface area contributed by atoms with Gasteiger partial charge in [-0.05, 0) is 0 Å². The Balaban J connectivity index is 0. The third kappa shape index (κ3) is 1750. The third-order valence-corrected chi connectivity index (χ3v) is 0.0962. The first-order valence-electron chi connectivity index (χ1n) is 1.29. The molecule has 0 bridgehead atoms. The Morgan fingerprint density at radius 2 is 1.71 bits per heavy atom.